The van der Waals surface area contributed by atoms with Crippen LogP contribution >= 0.6 is 0 Å². The van der Waals surface area contributed by atoms with E-state index in [1.54, 1.807) is 0 Å². The van der Waals surface area contributed by atoms with Gasteiger partial charge in [-0.05, 0) is 40.4 Å². The molecular formula is C12H26N4O2. The fourth-order valence-electron chi connectivity index (χ4n) is 1.64. The molecule has 0 aromatic rings. The Labute approximate surface area is 109 Å². The van der Waals surface area contributed by atoms with E-state index in [0.29, 0.717) is 6.42 Å². The molecule has 0 rings (SSSR count). The van der Waals surface area contributed by atoms with E-state index in [1.807, 2.05) is 27.9 Å². The zero-order chi connectivity index (χ0) is 14.1. The summed E-state index contributed by atoms with van der Waals surface area (Å²) in [4.78, 5) is 14.1. The molecule has 0 aromatic heterocycles. The van der Waals surface area contributed by atoms with Crippen molar-refractivity contribution in [2.75, 3.05) is 20.6 Å². The first kappa shape index (κ1) is 16.7. The summed E-state index contributed by atoms with van der Waals surface area (Å²) in [6, 6.07) is 0.0748. The second-order valence-corrected chi connectivity index (χ2v) is 4.87. The molecule has 6 nitrogen and oxygen atoms in total. The summed E-state index contributed by atoms with van der Waals surface area (Å²) >= 11 is 0. The monoisotopic (exact) mass is 258 g/mol. The number of amidine groups is 1. The molecule has 0 saturated carbocycles. The maximum absolute atomic E-state index is 12.0. The molecule has 0 saturated heterocycles. The molecule has 18 heavy (non-hydrogen) atoms. The van der Waals surface area contributed by atoms with Crippen molar-refractivity contribution in [1.82, 2.24) is 10.2 Å². The largest absolute Gasteiger partial charge is 0.409 e. The minimum Gasteiger partial charge on any atom is -0.409 e. The highest BCUT2D eigenvalue weighted by Crippen LogP contribution is 2.08. The van der Waals surface area contributed by atoms with Gasteiger partial charge in [0.15, 0.2) is 5.84 Å². The van der Waals surface area contributed by atoms with Gasteiger partial charge in [-0.2, -0.15) is 0 Å². The molecule has 0 aliphatic carbocycles. The van der Waals surface area contributed by atoms with Crippen LogP contribution in [0.2, 0.25) is 0 Å². The summed E-state index contributed by atoms with van der Waals surface area (Å²) in [5.74, 6) is -0.727. The van der Waals surface area contributed by atoms with Crippen molar-refractivity contribution in [2.45, 2.75) is 39.2 Å². The number of nitrogens with two attached hydrogens (primary N) is 1. The molecule has 0 aliphatic rings. The summed E-state index contributed by atoms with van der Waals surface area (Å²) in [6.45, 7) is 4.82. The van der Waals surface area contributed by atoms with E-state index in [9.17, 15) is 4.79 Å². The quantitative estimate of drug-likeness (QED) is 0.257. The number of rotatable bonds is 8. The molecule has 4 N–H and O–H groups in total. The second-order valence-electron chi connectivity index (χ2n) is 4.87. The van der Waals surface area contributed by atoms with Crippen LogP contribution < -0.4 is 11.1 Å². The van der Waals surface area contributed by atoms with Crippen molar-refractivity contribution in [3.8, 4) is 0 Å². The SMILES string of the molecule is CCCC(C(=O)NC(C)CCN(C)C)C(N)=NO. The maximum Gasteiger partial charge on any atom is 0.231 e. The van der Waals surface area contributed by atoms with Crippen LogP contribution in [-0.4, -0.2) is 48.5 Å². The predicted molar refractivity (Wildman–Crippen MR) is 72.6 cm³/mol. The van der Waals surface area contributed by atoms with E-state index >= 15 is 0 Å². The smallest absolute Gasteiger partial charge is 0.231 e. The summed E-state index contributed by atoms with van der Waals surface area (Å²) in [5, 5.41) is 14.5. The van der Waals surface area contributed by atoms with Gasteiger partial charge < -0.3 is 21.2 Å². The lowest BCUT2D eigenvalue weighted by Gasteiger charge is -2.20. The zero-order valence-electron chi connectivity index (χ0n) is 11.8. The van der Waals surface area contributed by atoms with Gasteiger partial charge >= 0.3 is 0 Å². The topological polar surface area (TPSA) is 91.0 Å². The average Bonchev–Trinajstić information content (AvgIpc) is 2.32. The van der Waals surface area contributed by atoms with Crippen LogP contribution in [0.5, 0.6) is 0 Å². The summed E-state index contributed by atoms with van der Waals surface area (Å²) in [6.07, 6.45) is 2.26. The highest BCUT2D eigenvalue weighted by Gasteiger charge is 2.23. The minimum absolute atomic E-state index is 0.0193. The van der Waals surface area contributed by atoms with Crippen LogP contribution in [0.1, 0.15) is 33.1 Å². The lowest BCUT2D eigenvalue weighted by Crippen LogP contribution is -2.43. The van der Waals surface area contributed by atoms with Gasteiger partial charge in [0.2, 0.25) is 5.91 Å². The zero-order valence-corrected chi connectivity index (χ0v) is 11.8. The van der Waals surface area contributed by atoms with Crippen molar-refractivity contribution < 1.29 is 10.0 Å². The van der Waals surface area contributed by atoms with E-state index in [-0.39, 0.29) is 17.8 Å². The Morgan fingerprint density at radius 1 is 1.44 bits per heavy atom. The normalized spacial score (nSPS) is 15.5. The molecule has 0 fully saturated rings. The molecule has 0 spiro atoms. The number of nitrogens with zero attached hydrogens (tertiary/aromatic N) is 2. The Morgan fingerprint density at radius 2 is 2.06 bits per heavy atom. The van der Waals surface area contributed by atoms with Crippen LogP contribution in [-0.2, 0) is 4.79 Å². The van der Waals surface area contributed by atoms with E-state index in [1.165, 1.54) is 0 Å². The Morgan fingerprint density at radius 3 is 2.50 bits per heavy atom. The molecule has 2 atom stereocenters. The lowest BCUT2D eigenvalue weighted by atomic mass is 10.0. The van der Waals surface area contributed by atoms with Gasteiger partial charge in [0.25, 0.3) is 0 Å². The van der Waals surface area contributed by atoms with E-state index in [0.717, 1.165) is 19.4 Å². The van der Waals surface area contributed by atoms with Crippen LogP contribution in [0.15, 0.2) is 5.16 Å². The van der Waals surface area contributed by atoms with Crippen molar-refractivity contribution in [3.63, 3.8) is 0 Å². The van der Waals surface area contributed by atoms with E-state index in [2.05, 4.69) is 15.4 Å². The fraction of sp³-hybridized carbons (Fsp3) is 0.833. The molecule has 6 heteroatoms. The average molecular weight is 258 g/mol. The van der Waals surface area contributed by atoms with Crippen molar-refractivity contribution >= 4 is 11.7 Å². The highest BCUT2D eigenvalue weighted by atomic mass is 16.4. The number of amides is 1. The van der Waals surface area contributed by atoms with Crippen LogP contribution in [0.3, 0.4) is 0 Å². The maximum atomic E-state index is 12.0. The molecule has 0 aliphatic heterocycles. The third-order valence-corrected chi connectivity index (χ3v) is 2.76. The fourth-order valence-corrected chi connectivity index (χ4v) is 1.64. The molecule has 2 unspecified atom stereocenters. The van der Waals surface area contributed by atoms with Gasteiger partial charge in [0, 0.05) is 6.04 Å². The first-order chi connectivity index (χ1) is 8.42. The lowest BCUT2D eigenvalue weighted by molar-refractivity contribution is -0.123. The van der Waals surface area contributed by atoms with Crippen LogP contribution in [0, 0.1) is 5.92 Å². The van der Waals surface area contributed by atoms with Crippen molar-refractivity contribution in [2.24, 2.45) is 16.8 Å². The van der Waals surface area contributed by atoms with Crippen molar-refractivity contribution in [3.05, 3.63) is 0 Å². The van der Waals surface area contributed by atoms with Gasteiger partial charge in [-0.15, -0.1) is 0 Å². The summed E-state index contributed by atoms with van der Waals surface area (Å²) in [5.41, 5.74) is 5.53. The third kappa shape index (κ3) is 6.44. The molecule has 0 bridgehead atoms. The number of nitrogens with one attached hydrogen (secondary N) is 1. The predicted octanol–water partition coefficient (Wildman–Crippen LogP) is 0.606. The standard InChI is InChI=1S/C12H26N4O2/c1-5-6-10(11(13)15-18)12(17)14-9(2)7-8-16(3)4/h9-10,18H,5-8H2,1-4H3,(H2,13,15)(H,14,17). The van der Waals surface area contributed by atoms with Crippen molar-refractivity contribution in [1.29, 1.82) is 0 Å². The molecule has 0 aromatic carbocycles. The van der Waals surface area contributed by atoms with E-state index < -0.39 is 5.92 Å². The number of hydrogen-bond donors (Lipinski definition) is 3. The van der Waals surface area contributed by atoms with E-state index in [4.69, 9.17) is 10.9 Å². The Hall–Kier alpha value is -1.30. The highest BCUT2D eigenvalue weighted by molar-refractivity contribution is 6.02. The Kier molecular flexibility index (Phi) is 8.11. The first-order valence-electron chi connectivity index (χ1n) is 6.34. The number of carbonyl (C=O) groups is 1. The second kappa shape index (κ2) is 8.74. The molecule has 1 amide bonds. The van der Waals surface area contributed by atoms with Crippen LogP contribution in [0.25, 0.3) is 0 Å². The van der Waals surface area contributed by atoms with Gasteiger partial charge in [-0.1, -0.05) is 18.5 Å². The number of carbonyl (C=O) groups excluding carboxylic acids is 1. The third-order valence-electron chi connectivity index (χ3n) is 2.76. The number of hydrogen-bond acceptors (Lipinski definition) is 4. The summed E-state index contributed by atoms with van der Waals surface area (Å²) < 4.78 is 0. The molecule has 0 radical (unpaired) electrons. The van der Waals surface area contributed by atoms with Gasteiger partial charge in [-0.25, -0.2) is 0 Å². The number of oxime groups is 1. The Balaban J connectivity index is 4.33. The molecule has 106 valence electrons. The minimum atomic E-state index is -0.540. The summed E-state index contributed by atoms with van der Waals surface area (Å²) in [7, 11) is 3.98. The van der Waals surface area contributed by atoms with Crippen LogP contribution in [0.4, 0.5) is 0 Å². The first-order valence-corrected chi connectivity index (χ1v) is 6.34. The Bertz CT molecular complexity index is 279. The van der Waals surface area contributed by atoms with Gasteiger partial charge in [0.1, 0.15) is 0 Å². The molecule has 0 heterocycles. The van der Waals surface area contributed by atoms with Gasteiger partial charge in [-0.3, -0.25) is 4.79 Å². The van der Waals surface area contributed by atoms with Gasteiger partial charge in [0.05, 0.1) is 5.92 Å². The molecular weight excluding hydrogens is 232 g/mol.